The lowest BCUT2D eigenvalue weighted by molar-refractivity contribution is -0.142. The summed E-state index contributed by atoms with van der Waals surface area (Å²) in [5.41, 5.74) is 0.765. The van der Waals surface area contributed by atoms with E-state index in [2.05, 4.69) is 16.0 Å². The summed E-state index contributed by atoms with van der Waals surface area (Å²) in [6.45, 7) is 0.938. The number of rotatable bonds is 6. The van der Waals surface area contributed by atoms with E-state index in [0.29, 0.717) is 25.3 Å². The third kappa shape index (κ3) is 4.95. The lowest BCUT2D eigenvalue weighted by Gasteiger charge is -2.28. The summed E-state index contributed by atoms with van der Waals surface area (Å²) in [4.78, 5) is 35.8. The first-order valence-electron chi connectivity index (χ1n) is 8.82. The summed E-state index contributed by atoms with van der Waals surface area (Å²) in [5, 5.41) is 17.5. The van der Waals surface area contributed by atoms with Gasteiger partial charge in [-0.05, 0) is 43.9 Å². The minimum Gasteiger partial charge on any atom is -0.480 e. The number of anilines is 1. The fourth-order valence-corrected chi connectivity index (χ4v) is 2.95. The first-order valence-corrected chi connectivity index (χ1v) is 8.82. The summed E-state index contributed by atoms with van der Waals surface area (Å²) in [6.07, 6.45) is 3.44. The van der Waals surface area contributed by atoms with Crippen LogP contribution in [0.25, 0.3) is 0 Å². The van der Waals surface area contributed by atoms with Crippen LogP contribution in [0.1, 0.15) is 36.0 Å². The van der Waals surface area contributed by atoms with E-state index in [1.807, 2.05) is 0 Å². The number of benzene rings is 1. The van der Waals surface area contributed by atoms with Gasteiger partial charge >= 0.3 is 12.0 Å². The van der Waals surface area contributed by atoms with Crippen molar-refractivity contribution in [3.63, 3.8) is 0 Å². The number of carbonyl (C=O) groups excluding carboxylic acids is 2. The van der Waals surface area contributed by atoms with Crippen LogP contribution in [0.15, 0.2) is 24.3 Å². The minimum absolute atomic E-state index is 0.232. The normalized spacial score (nSPS) is 20.7. The maximum atomic E-state index is 12.5. The molecule has 1 saturated carbocycles. The Morgan fingerprint density at radius 1 is 1.19 bits per heavy atom. The van der Waals surface area contributed by atoms with Crippen LogP contribution in [0.2, 0.25) is 0 Å². The van der Waals surface area contributed by atoms with Crippen LogP contribution in [0.5, 0.6) is 0 Å². The van der Waals surface area contributed by atoms with Gasteiger partial charge in [0.25, 0.3) is 5.91 Å². The van der Waals surface area contributed by atoms with Crippen molar-refractivity contribution >= 4 is 23.6 Å². The van der Waals surface area contributed by atoms with Crippen LogP contribution in [-0.4, -0.2) is 48.3 Å². The van der Waals surface area contributed by atoms with Crippen molar-refractivity contribution < 1.29 is 24.2 Å². The molecule has 2 atom stereocenters. The third-order valence-electron chi connectivity index (χ3n) is 4.51. The number of aliphatic carboxylic acids is 1. The molecule has 8 heteroatoms. The van der Waals surface area contributed by atoms with Gasteiger partial charge in [0, 0.05) is 29.8 Å². The van der Waals surface area contributed by atoms with Gasteiger partial charge in [-0.1, -0.05) is 6.07 Å². The van der Waals surface area contributed by atoms with E-state index in [0.717, 1.165) is 19.3 Å². The van der Waals surface area contributed by atoms with Crippen molar-refractivity contribution in [1.82, 2.24) is 10.6 Å². The van der Waals surface area contributed by atoms with E-state index in [4.69, 9.17) is 4.74 Å². The minimum atomic E-state index is -1.08. The fraction of sp³-hybridized carbons (Fsp3) is 0.500. The van der Waals surface area contributed by atoms with Crippen molar-refractivity contribution in [3.8, 4) is 0 Å². The van der Waals surface area contributed by atoms with Gasteiger partial charge < -0.3 is 25.8 Å². The molecule has 2 aliphatic rings. The first kappa shape index (κ1) is 18.2. The number of ether oxygens (including phenoxy) is 1. The molecular formula is C18H23N3O5. The second kappa shape index (κ2) is 8.18. The highest BCUT2D eigenvalue weighted by molar-refractivity contribution is 5.98. The van der Waals surface area contributed by atoms with Crippen molar-refractivity contribution in [2.24, 2.45) is 5.92 Å². The molecule has 2 unspecified atom stereocenters. The Kier molecular flexibility index (Phi) is 5.72. The van der Waals surface area contributed by atoms with Crippen molar-refractivity contribution in [1.29, 1.82) is 0 Å². The quantitative estimate of drug-likeness (QED) is 0.614. The highest BCUT2D eigenvalue weighted by Gasteiger charge is 2.31. The number of hydrogen-bond donors (Lipinski definition) is 4. The molecule has 8 nitrogen and oxygen atoms in total. The van der Waals surface area contributed by atoms with Gasteiger partial charge in [0.2, 0.25) is 0 Å². The van der Waals surface area contributed by atoms with Crippen molar-refractivity contribution in [3.05, 3.63) is 29.8 Å². The second-order valence-corrected chi connectivity index (χ2v) is 6.72. The average molecular weight is 361 g/mol. The average Bonchev–Trinajstić information content (AvgIpc) is 3.44. The monoisotopic (exact) mass is 361 g/mol. The number of hydrogen-bond acceptors (Lipinski definition) is 4. The molecule has 4 N–H and O–H groups in total. The van der Waals surface area contributed by atoms with Crippen molar-refractivity contribution in [2.45, 2.75) is 37.8 Å². The number of nitrogens with one attached hydrogen (secondary N) is 3. The molecule has 1 saturated heterocycles. The van der Waals surface area contributed by atoms with Gasteiger partial charge in [-0.15, -0.1) is 0 Å². The molecule has 0 aromatic heterocycles. The van der Waals surface area contributed by atoms with Gasteiger partial charge in [0.15, 0.2) is 0 Å². The summed E-state index contributed by atoms with van der Waals surface area (Å²) >= 11 is 0. The molecule has 0 radical (unpaired) electrons. The molecule has 3 amide bonds. The number of urea groups is 1. The van der Waals surface area contributed by atoms with Gasteiger partial charge in [-0.25, -0.2) is 9.59 Å². The second-order valence-electron chi connectivity index (χ2n) is 6.72. The Bertz CT molecular complexity index is 683. The van der Waals surface area contributed by atoms with E-state index < -0.39 is 17.9 Å². The number of amides is 3. The summed E-state index contributed by atoms with van der Waals surface area (Å²) in [6, 6.07) is 5.34. The van der Waals surface area contributed by atoms with Crippen molar-refractivity contribution in [2.75, 3.05) is 18.5 Å². The molecule has 1 aromatic rings. The SMILES string of the molecule is O=C(Nc1cccc(C(=O)NC(C(=O)O)C2CCCOC2)c1)NC1CC1. The molecule has 26 heavy (non-hydrogen) atoms. The zero-order valence-corrected chi connectivity index (χ0v) is 14.4. The highest BCUT2D eigenvalue weighted by atomic mass is 16.5. The molecule has 1 heterocycles. The predicted molar refractivity (Wildman–Crippen MR) is 94.1 cm³/mol. The number of carbonyl (C=O) groups is 3. The van der Waals surface area contributed by atoms with Crippen LogP contribution < -0.4 is 16.0 Å². The van der Waals surface area contributed by atoms with Crippen LogP contribution in [0.3, 0.4) is 0 Å². The number of carboxylic acid groups (broad SMARTS) is 1. The molecule has 140 valence electrons. The van der Waals surface area contributed by atoms with E-state index in [1.165, 1.54) is 6.07 Å². The lowest BCUT2D eigenvalue weighted by atomic mass is 9.93. The van der Waals surface area contributed by atoms with E-state index >= 15 is 0 Å². The first-order chi connectivity index (χ1) is 12.5. The molecule has 1 aliphatic carbocycles. The lowest BCUT2D eigenvalue weighted by Crippen LogP contribution is -2.48. The summed E-state index contributed by atoms with van der Waals surface area (Å²) in [7, 11) is 0. The van der Waals surface area contributed by atoms with Crippen LogP contribution in [-0.2, 0) is 9.53 Å². The van der Waals surface area contributed by atoms with Crippen LogP contribution >= 0.6 is 0 Å². The zero-order chi connectivity index (χ0) is 18.5. The Morgan fingerprint density at radius 3 is 2.65 bits per heavy atom. The van der Waals surface area contributed by atoms with Gasteiger partial charge in [0.05, 0.1) is 6.61 Å². The predicted octanol–water partition coefficient (Wildman–Crippen LogP) is 1.58. The molecule has 1 aliphatic heterocycles. The highest BCUT2D eigenvalue weighted by Crippen LogP contribution is 2.20. The van der Waals surface area contributed by atoms with Gasteiger partial charge in [-0.2, -0.15) is 0 Å². The van der Waals surface area contributed by atoms with E-state index in [1.54, 1.807) is 18.2 Å². The number of carboxylic acids is 1. The van der Waals surface area contributed by atoms with Gasteiger partial charge in [0.1, 0.15) is 6.04 Å². The summed E-state index contributed by atoms with van der Waals surface area (Å²) in [5.74, 6) is -1.82. The smallest absolute Gasteiger partial charge is 0.326 e. The fourth-order valence-electron chi connectivity index (χ4n) is 2.95. The zero-order valence-electron chi connectivity index (χ0n) is 14.4. The molecule has 0 spiro atoms. The third-order valence-corrected chi connectivity index (χ3v) is 4.51. The molecule has 2 fully saturated rings. The van der Waals surface area contributed by atoms with Crippen LogP contribution in [0.4, 0.5) is 10.5 Å². The molecule has 3 rings (SSSR count). The van der Waals surface area contributed by atoms with Gasteiger partial charge in [-0.3, -0.25) is 4.79 Å². The Morgan fingerprint density at radius 2 is 2.00 bits per heavy atom. The molecule has 1 aromatic carbocycles. The standard InChI is InChI=1S/C18H23N3O5/c22-16(21-15(17(23)24)12-4-2-8-26-10-12)11-3-1-5-14(9-11)20-18(25)19-13-6-7-13/h1,3,5,9,12-13,15H,2,4,6-8,10H2,(H,21,22)(H,23,24)(H2,19,20,25). The maximum Gasteiger partial charge on any atom is 0.326 e. The van der Waals surface area contributed by atoms with E-state index in [-0.39, 0.29) is 23.6 Å². The Balaban J connectivity index is 1.63. The van der Waals surface area contributed by atoms with Crippen LogP contribution in [0, 0.1) is 5.92 Å². The largest absolute Gasteiger partial charge is 0.480 e. The molecular weight excluding hydrogens is 338 g/mol. The molecule has 0 bridgehead atoms. The van der Waals surface area contributed by atoms with E-state index in [9.17, 15) is 19.5 Å². The Labute approximate surface area is 151 Å². The topological polar surface area (TPSA) is 117 Å². The maximum absolute atomic E-state index is 12.5. The summed E-state index contributed by atoms with van der Waals surface area (Å²) < 4.78 is 5.33. The Hall–Kier alpha value is -2.61.